The van der Waals surface area contributed by atoms with Gasteiger partial charge < -0.3 is 25.0 Å². The molecule has 0 radical (unpaired) electrons. The van der Waals surface area contributed by atoms with Crippen LogP contribution >= 0.6 is 0 Å². The fourth-order valence-electron chi connectivity index (χ4n) is 6.24. The highest BCUT2D eigenvalue weighted by atomic mass is 16.2. The highest BCUT2D eigenvalue weighted by Crippen LogP contribution is 2.51. The number of carbonyl (C=O) groups is 1. The predicted octanol–water partition coefficient (Wildman–Crippen LogP) is 3.01. The third-order valence-electron chi connectivity index (χ3n) is 8.29. The molecule has 9 heteroatoms. The summed E-state index contributed by atoms with van der Waals surface area (Å²) in [5, 5.41) is 6.30. The summed E-state index contributed by atoms with van der Waals surface area (Å²) in [7, 11) is 3.70. The molecule has 1 saturated heterocycles. The van der Waals surface area contributed by atoms with Gasteiger partial charge in [-0.1, -0.05) is 6.42 Å². The molecule has 3 atom stereocenters. The van der Waals surface area contributed by atoms with Gasteiger partial charge in [-0.05, 0) is 62.4 Å². The van der Waals surface area contributed by atoms with E-state index in [0.717, 1.165) is 44.2 Å². The van der Waals surface area contributed by atoms with E-state index >= 15 is 0 Å². The van der Waals surface area contributed by atoms with Crippen LogP contribution in [0, 0.1) is 11.8 Å². The van der Waals surface area contributed by atoms with Crippen LogP contribution in [-0.4, -0.2) is 65.6 Å². The first kappa shape index (κ1) is 23.0. The van der Waals surface area contributed by atoms with E-state index in [9.17, 15) is 9.59 Å². The van der Waals surface area contributed by atoms with Crippen molar-refractivity contribution in [2.75, 3.05) is 50.5 Å². The van der Waals surface area contributed by atoms with E-state index in [4.69, 9.17) is 4.98 Å². The van der Waals surface area contributed by atoms with Crippen molar-refractivity contribution in [2.24, 2.45) is 11.8 Å². The standard InChI is InChI=1S/C27H33N7O2/c1-28-26(36)22-16-34(23-14-17-3-4-18(23)13-17)25-21(24(22)35)15-29-27(31-25)30-19-5-7-20(8-6-19)33-11-9-32(2)10-12-33/h5-8,15-18,23H,3-4,9-14H2,1-2H3,(H,28,36)(H,29,30,31). The van der Waals surface area contributed by atoms with Gasteiger partial charge in [0.2, 0.25) is 11.4 Å². The van der Waals surface area contributed by atoms with Crippen LogP contribution in [-0.2, 0) is 0 Å². The van der Waals surface area contributed by atoms with E-state index in [1.807, 2.05) is 12.1 Å². The molecule has 2 N–H and O–H groups in total. The first-order chi connectivity index (χ1) is 17.5. The van der Waals surface area contributed by atoms with Gasteiger partial charge in [-0.15, -0.1) is 0 Å². The smallest absolute Gasteiger partial charge is 0.256 e. The molecule has 1 aromatic carbocycles. The van der Waals surface area contributed by atoms with Gasteiger partial charge in [0.25, 0.3) is 5.91 Å². The molecule has 36 heavy (non-hydrogen) atoms. The quantitative estimate of drug-likeness (QED) is 0.571. The number of likely N-dealkylation sites (N-methyl/N-ethyl adjacent to an activating group) is 1. The van der Waals surface area contributed by atoms with E-state index in [-0.39, 0.29) is 22.9 Å². The maximum absolute atomic E-state index is 13.2. The molecule has 0 spiro atoms. The lowest BCUT2D eigenvalue weighted by molar-refractivity contribution is 0.0961. The maximum Gasteiger partial charge on any atom is 0.256 e. The summed E-state index contributed by atoms with van der Waals surface area (Å²) in [5.74, 6) is 1.35. The molecule has 2 aromatic heterocycles. The van der Waals surface area contributed by atoms with Crippen LogP contribution in [0.4, 0.5) is 17.3 Å². The molecule has 2 saturated carbocycles. The van der Waals surface area contributed by atoms with E-state index in [2.05, 4.69) is 49.2 Å². The molecule has 3 unspecified atom stereocenters. The molecule has 6 rings (SSSR count). The lowest BCUT2D eigenvalue weighted by Crippen LogP contribution is -2.44. The predicted molar refractivity (Wildman–Crippen MR) is 141 cm³/mol. The number of carbonyl (C=O) groups excluding carboxylic acids is 1. The van der Waals surface area contributed by atoms with Crippen LogP contribution in [0.5, 0.6) is 0 Å². The van der Waals surface area contributed by atoms with Crippen molar-refractivity contribution in [1.29, 1.82) is 0 Å². The average molecular weight is 488 g/mol. The van der Waals surface area contributed by atoms with Gasteiger partial charge >= 0.3 is 0 Å². The molecule has 9 nitrogen and oxygen atoms in total. The molecular weight excluding hydrogens is 454 g/mol. The number of nitrogens with one attached hydrogen (secondary N) is 2. The fraction of sp³-hybridized carbons (Fsp3) is 0.481. The monoisotopic (exact) mass is 487 g/mol. The average Bonchev–Trinajstić information content (AvgIpc) is 3.54. The van der Waals surface area contributed by atoms with Gasteiger partial charge in [0, 0.05) is 63.0 Å². The van der Waals surface area contributed by atoms with Gasteiger partial charge in [0.15, 0.2) is 0 Å². The van der Waals surface area contributed by atoms with E-state index < -0.39 is 0 Å². The number of piperazine rings is 1. The van der Waals surface area contributed by atoms with Crippen LogP contribution < -0.4 is 21.0 Å². The van der Waals surface area contributed by atoms with Crippen LogP contribution in [0.2, 0.25) is 0 Å². The molecule has 3 aliphatic rings. The Bertz CT molecular complexity index is 1340. The number of benzene rings is 1. The van der Waals surface area contributed by atoms with Crippen molar-refractivity contribution in [2.45, 2.75) is 31.7 Å². The number of aromatic nitrogens is 3. The van der Waals surface area contributed by atoms with Crippen molar-refractivity contribution in [3.05, 3.63) is 52.4 Å². The van der Waals surface area contributed by atoms with Crippen molar-refractivity contribution < 1.29 is 4.79 Å². The van der Waals surface area contributed by atoms with Crippen LogP contribution in [0.15, 0.2) is 41.5 Å². The summed E-state index contributed by atoms with van der Waals surface area (Å²) in [5.41, 5.74) is 2.52. The Hall–Kier alpha value is -3.46. The Kier molecular flexibility index (Phi) is 5.87. The van der Waals surface area contributed by atoms with Crippen LogP contribution in [0.3, 0.4) is 0 Å². The lowest BCUT2D eigenvalue weighted by Gasteiger charge is -2.34. The third-order valence-corrected chi connectivity index (χ3v) is 8.29. The second-order valence-corrected chi connectivity index (χ2v) is 10.5. The van der Waals surface area contributed by atoms with Gasteiger partial charge in [-0.2, -0.15) is 4.98 Å². The Morgan fingerprint density at radius 3 is 2.50 bits per heavy atom. The summed E-state index contributed by atoms with van der Waals surface area (Å²) < 4.78 is 2.08. The van der Waals surface area contributed by atoms with Crippen molar-refractivity contribution in [3.63, 3.8) is 0 Å². The third kappa shape index (κ3) is 4.11. The minimum absolute atomic E-state index is 0.150. The fourth-order valence-corrected chi connectivity index (χ4v) is 6.24. The zero-order valence-electron chi connectivity index (χ0n) is 20.9. The summed E-state index contributed by atoms with van der Waals surface area (Å²) in [4.78, 5) is 39.6. The second-order valence-electron chi connectivity index (χ2n) is 10.5. The normalized spacial score (nSPS) is 23.8. The highest BCUT2D eigenvalue weighted by Gasteiger charge is 2.41. The van der Waals surface area contributed by atoms with Gasteiger partial charge in [-0.3, -0.25) is 9.59 Å². The molecule has 188 valence electrons. The second kappa shape index (κ2) is 9.20. The Morgan fingerprint density at radius 2 is 1.83 bits per heavy atom. The SMILES string of the molecule is CNC(=O)c1cn(C2CC3CCC2C3)c2nc(Nc3ccc(N4CCN(C)CC4)cc3)ncc2c1=O. The largest absolute Gasteiger partial charge is 0.369 e. The van der Waals surface area contributed by atoms with E-state index in [1.54, 1.807) is 19.4 Å². The van der Waals surface area contributed by atoms with Crippen molar-refractivity contribution in [3.8, 4) is 0 Å². The zero-order chi connectivity index (χ0) is 24.8. The molecular formula is C27H33N7O2. The zero-order valence-corrected chi connectivity index (χ0v) is 20.9. The number of hydrogen-bond donors (Lipinski definition) is 2. The Labute approximate surface area is 210 Å². The molecule has 2 aliphatic carbocycles. The maximum atomic E-state index is 13.2. The summed E-state index contributed by atoms with van der Waals surface area (Å²) in [6.07, 6.45) is 8.01. The lowest BCUT2D eigenvalue weighted by atomic mass is 9.94. The first-order valence-electron chi connectivity index (χ1n) is 12.9. The Morgan fingerprint density at radius 1 is 1.06 bits per heavy atom. The highest BCUT2D eigenvalue weighted by molar-refractivity contribution is 5.96. The van der Waals surface area contributed by atoms with Crippen LogP contribution in [0.1, 0.15) is 42.1 Å². The summed E-state index contributed by atoms with van der Waals surface area (Å²) in [6, 6.07) is 8.57. The number of hydrogen-bond acceptors (Lipinski definition) is 7. The van der Waals surface area contributed by atoms with Gasteiger partial charge in [0.05, 0.1) is 5.39 Å². The van der Waals surface area contributed by atoms with Gasteiger partial charge in [-0.25, -0.2) is 4.98 Å². The number of amides is 1. The van der Waals surface area contributed by atoms with Crippen LogP contribution in [0.25, 0.3) is 11.0 Å². The molecule has 2 bridgehead atoms. The first-order valence-corrected chi connectivity index (χ1v) is 12.9. The molecule has 1 amide bonds. The van der Waals surface area contributed by atoms with Crippen molar-refractivity contribution in [1.82, 2.24) is 24.8 Å². The van der Waals surface area contributed by atoms with Gasteiger partial charge in [0.1, 0.15) is 11.2 Å². The summed E-state index contributed by atoms with van der Waals surface area (Å²) >= 11 is 0. The van der Waals surface area contributed by atoms with E-state index in [1.165, 1.54) is 24.9 Å². The Balaban J connectivity index is 1.32. The minimum Gasteiger partial charge on any atom is -0.369 e. The minimum atomic E-state index is -0.374. The summed E-state index contributed by atoms with van der Waals surface area (Å²) in [6.45, 7) is 4.18. The number of pyridine rings is 1. The molecule has 1 aliphatic heterocycles. The van der Waals surface area contributed by atoms with Crippen molar-refractivity contribution >= 4 is 34.3 Å². The topological polar surface area (TPSA) is 95.4 Å². The number of rotatable bonds is 5. The number of anilines is 3. The van der Waals surface area contributed by atoms with E-state index in [0.29, 0.717) is 22.9 Å². The molecule has 3 aromatic rings. The molecule has 3 heterocycles. The number of fused-ring (bicyclic) bond motifs is 3. The number of nitrogens with zero attached hydrogens (tertiary/aromatic N) is 5. The molecule has 3 fully saturated rings.